The lowest BCUT2D eigenvalue weighted by molar-refractivity contribution is -0.122. The van der Waals surface area contributed by atoms with E-state index in [1.165, 1.54) is 6.08 Å². The normalized spacial score (nSPS) is 15.7. The van der Waals surface area contributed by atoms with Gasteiger partial charge in [-0.15, -0.1) is 0 Å². The number of hydrogen-bond donors (Lipinski definition) is 1. The highest BCUT2D eigenvalue weighted by molar-refractivity contribution is 6.39. The minimum atomic E-state index is -0.798. The first-order valence-corrected chi connectivity index (χ1v) is 9.30. The molecule has 0 aliphatic carbocycles. The maximum absolute atomic E-state index is 13.0. The van der Waals surface area contributed by atoms with E-state index in [4.69, 9.17) is 9.47 Å². The number of ether oxygens (including phenoxy) is 2. The summed E-state index contributed by atoms with van der Waals surface area (Å²) in [5.41, 5.74) is 0.750. The lowest BCUT2D eigenvalue weighted by atomic mass is 10.1. The number of amides is 4. The van der Waals surface area contributed by atoms with Gasteiger partial charge in [0.1, 0.15) is 17.1 Å². The third-order valence-electron chi connectivity index (χ3n) is 4.09. The van der Waals surface area contributed by atoms with Crippen LogP contribution in [0.4, 0.5) is 10.5 Å². The summed E-state index contributed by atoms with van der Waals surface area (Å²) in [7, 11) is 0. The molecule has 1 fully saturated rings. The molecule has 2 aromatic rings. The van der Waals surface area contributed by atoms with Crippen LogP contribution < -0.4 is 19.7 Å². The highest BCUT2D eigenvalue weighted by Gasteiger charge is 2.37. The molecule has 0 bridgehead atoms. The molecule has 3 rings (SSSR count). The molecule has 1 aliphatic heterocycles. The Balaban J connectivity index is 1.96. The number of para-hydroxylation sites is 1. The number of anilines is 1. The summed E-state index contributed by atoms with van der Waals surface area (Å²) in [5, 5.41) is 2.22. The van der Waals surface area contributed by atoms with E-state index in [1.54, 1.807) is 48.5 Å². The number of nitrogens with one attached hydrogen (secondary N) is 1. The molecule has 29 heavy (non-hydrogen) atoms. The van der Waals surface area contributed by atoms with Crippen LogP contribution in [0.3, 0.4) is 0 Å². The van der Waals surface area contributed by atoms with E-state index < -0.39 is 17.8 Å². The van der Waals surface area contributed by atoms with Crippen LogP contribution in [-0.4, -0.2) is 30.6 Å². The number of rotatable bonds is 6. The molecular weight excluding hydrogens is 372 g/mol. The zero-order valence-electron chi connectivity index (χ0n) is 16.5. The Morgan fingerprint density at radius 3 is 2.38 bits per heavy atom. The Morgan fingerprint density at radius 2 is 1.72 bits per heavy atom. The predicted octanol–water partition coefficient (Wildman–Crippen LogP) is 3.54. The first-order valence-electron chi connectivity index (χ1n) is 9.30. The summed E-state index contributed by atoms with van der Waals surface area (Å²) in [6.45, 7) is 6.13. The first-order chi connectivity index (χ1) is 13.9. The van der Waals surface area contributed by atoms with Crippen LogP contribution in [-0.2, 0) is 9.59 Å². The zero-order chi connectivity index (χ0) is 21.0. The zero-order valence-corrected chi connectivity index (χ0v) is 16.5. The van der Waals surface area contributed by atoms with Crippen LogP contribution in [0, 0.1) is 0 Å². The lowest BCUT2D eigenvalue weighted by Crippen LogP contribution is -2.54. The fourth-order valence-corrected chi connectivity index (χ4v) is 2.87. The van der Waals surface area contributed by atoms with Crippen LogP contribution in [0.25, 0.3) is 6.08 Å². The largest absolute Gasteiger partial charge is 0.494 e. The SMILES string of the molecule is CCOc1ccc(N2C(=O)NC(=O)/C(=C\c3ccccc3OC(C)C)C2=O)cc1. The molecule has 0 unspecified atom stereocenters. The number of hydrogen-bond acceptors (Lipinski definition) is 5. The molecule has 4 amide bonds. The van der Waals surface area contributed by atoms with Gasteiger partial charge in [-0.1, -0.05) is 18.2 Å². The van der Waals surface area contributed by atoms with Crippen molar-refractivity contribution in [3.8, 4) is 11.5 Å². The second kappa shape index (κ2) is 8.60. The van der Waals surface area contributed by atoms with Crippen molar-refractivity contribution in [1.29, 1.82) is 0 Å². The Labute approximate surface area is 168 Å². The summed E-state index contributed by atoms with van der Waals surface area (Å²) in [6, 6.07) is 12.8. The van der Waals surface area contributed by atoms with Crippen LogP contribution >= 0.6 is 0 Å². The third kappa shape index (κ3) is 4.45. The van der Waals surface area contributed by atoms with Crippen molar-refractivity contribution in [2.45, 2.75) is 26.9 Å². The highest BCUT2D eigenvalue weighted by atomic mass is 16.5. The van der Waals surface area contributed by atoms with E-state index in [1.807, 2.05) is 20.8 Å². The number of carbonyl (C=O) groups is 3. The van der Waals surface area contributed by atoms with Gasteiger partial charge in [0.05, 0.1) is 18.4 Å². The molecule has 0 saturated carbocycles. The highest BCUT2D eigenvalue weighted by Crippen LogP contribution is 2.27. The van der Waals surface area contributed by atoms with Crippen molar-refractivity contribution in [2.75, 3.05) is 11.5 Å². The second-order valence-electron chi connectivity index (χ2n) is 6.59. The molecule has 1 saturated heterocycles. The van der Waals surface area contributed by atoms with E-state index in [2.05, 4.69) is 5.32 Å². The van der Waals surface area contributed by atoms with E-state index in [9.17, 15) is 14.4 Å². The number of carbonyl (C=O) groups excluding carboxylic acids is 3. The monoisotopic (exact) mass is 394 g/mol. The van der Waals surface area contributed by atoms with Crippen molar-refractivity contribution in [1.82, 2.24) is 5.32 Å². The summed E-state index contributed by atoms with van der Waals surface area (Å²) in [5.74, 6) is -0.295. The standard InChI is InChI=1S/C22H22N2O5/c1-4-28-17-11-9-16(10-12-17)24-21(26)18(20(25)23-22(24)27)13-15-7-5-6-8-19(15)29-14(2)3/h5-14H,4H2,1-3H3,(H,23,25,27)/b18-13+. The topological polar surface area (TPSA) is 84.9 Å². The third-order valence-corrected chi connectivity index (χ3v) is 4.09. The van der Waals surface area contributed by atoms with Crippen molar-refractivity contribution in [2.24, 2.45) is 0 Å². The van der Waals surface area contributed by atoms with E-state index in [-0.39, 0.29) is 11.7 Å². The molecular formula is C22H22N2O5. The van der Waals surface area contributed by atoms with Gasteiger partial charge in [-0.05, 0) is 57.2 Å². The lowest BCUT2D eigenvalue weighted by Gasteiger charge is -2.26. The number of nitrogens with zero attached hydrogens (tertiary/aromatic N) is 1. The van der Waals surface area contributed by atoms with Gasteiger partial charge in [-0.3, -0.25) is 14.9 Å². The fourth-order valence-electron chi connectivity index (χ4n) is 2.87. The van der Waals surface area contributed by atoms with E-state index in [0.29, 0.717) is 29.4 Å². The van der Waals surface area contributed by atoms with Gasteiger partial charge in [0.25, 0.3) is 11.8 Å². The van der Waals surface area contributed by atoms with Crippen LogP contribution in [0.1, 0.15) is 26.3 Å². The Kier molecular flexibility index (Phi) is 5.97. The minimum Gasteiger partial charge on any atom is -0.494 e. The Morgan fingerprint density at radius 1 is 1.03 bits per heavy atom. The van der Waals surface area contributed by atoms with Gasteiger partial charge in [0, 0.05) is 5.56 Å². The summed E-state index contributed by atoms with van der Waals surface area (Å²) in [6.07, 6.45) is 1.36. The van der Waals surface area contributed by atoms with Gasteiger partial charge >= 0.3 is 6.03 Å². The quantitative estimate of drug-likeness (QED) is 0.598. The predicted molar refractivity (Wildman–Crippen MR) is 109 cm³/mol. The average molecular weight is 394 g/mol. The fraction of sp³-hybridized carbons (Fsp3) is 0.227. The van der Waals surface area contributed by atoms with E-state index in [0.717, 1.165) is 4.90 Å². The van der Waals surface area contributed by atoms with Crippen molar-refractivity contribution >= 4 is 29.6 Å². The van der Waals surface area contributed by atoms with Crippen LogP contribution in [0.15, 0.2) is 54.1 Å². The minimum absolute atomic E-state index is 0.0765. The molecule has 2 aromatic carbocycles. The van der Waals surface area contributed by atoms with Crippen molar-refractivity contribution in [3.63, 3.8) is 0 Å². The number of barbiturate groups is 1. The number of benzene rings is 2. The first kappa shape index (κ1) is 20.1. The molecule has 0 atom stereocenters. The molecule has 0 aromatic heterocycles. The average Bonchev–Trinajstić information content (AvgIpc) is 2.67. The second-order valence-corrected chi connectivity index (χ2v) is 6.59. The maximum atomic E-state index is 13.0. The van der Waals surface area contributed by atoms with Gasteiger partial charge in [0.2, 0.25) is 0 Å². The van der Waals surface area contributed by atoms with Crippen molar-refractivity contribution in [3.05, 3.63) is 59.7 Å². The molecule has 1 N–H and O–H groups in total. The molecule has 1 heterocycles. The van der Waals surface area contributed by atoms with Gasteiger partial charge in [-0.2, -0.15) is 0 Å². The van der Waals surface area contributed by atoms with Crippen LogP contribution in [0.2, 0.25) is 0 Å². The Hall–Kier alpha value is -3.61. The summed E-state index contributed by atoms with van der Waals surface area (Å²) < 4.78 is 11.1. The molecule has 150 valence electrons. The Bertz CT molecular complexity index is 963. The number of urea groups is 1. The molecule has 0 radical (unpaired) electrons. The van der Waals surface area contributed by atoms with E-state index >= 15 is 0 Å². The summed E-state index contributed by atoms with van der Waals surface area (Å²) >= 11 is 0. The van der Waals surface area contributed by atoms with Crippen LogP contribution in [0.5, 0.6) is 11.5 Å². The molecule has 7 nitrogen and oxygen atoms in total. The maximum Gasteiger partial charge on any atom is 0.335 e. The smallest absolute Gasteiger partial charge is 0.335 e. The van der Waals surface area contributed by atoms with Gasteiger partial charge in [0.15, 0.2) is 0 Å². The van der Waals surface area contributed by atoms with Crippen molar-refractivity contribution < 1.29 is 23.9 Å². The van der Waals surface area contributed by atoms with Gasteiger partial charge in [-0.25, -0.2) is 9.69 Å². The number of imide groups is 2. The molecule has 0 spiro atoms. The summed E-state index contributed by atoms with van der Waals surface area (Å²) in [4.78, 5) is 38.6. The molecule has 7 heteroatoms. The molecule has 1 aliphatic rings. The van der Waals surface area contributed by atoms with Gasteiger partial charge < -0.3 is 9.47 Å².